The van der Waals surface area contributed by atoms with E-state index in [1.54, 1.807) is 0 Å². The van der Waals surface area contributed by atoms with Crippen molar-refractivity contribution in [3.05, 3.63) is 96.1 Å². The van der Waals surface area contributed by atoms with Crippen LogP contribution in [0.3, 0.4) is 0 Å². The van der Waals surface area contributed by atoms with Gasteiger partial charge in [0.25, 0.3) is 0 Å². The summed E-state index contributed by atoms with van der Waals surface area (Å²) in [6.45, 7) is 8.43. The summed E-state index contributed by atoms with van der Waals surface area (Å²) in [4.78, 5) is 10.1. The zero-order valence-electron chi connectivity index (χ0n) is 20.7. The Bertz CT molecular complexity index is 1370. The summed E-state index contributed by atoms with van der Waals surface area (Å²) >= 11 is 0. The van der Waals surface area contributed by atoms with Crippen molar-refractivity contribution in [2.24, 2.45) is 9.98 Å². The molecule has 0 radical (unpaired) electrons. The summed E-state index contributed by atoms with van der Waals surface area (Å²) in [6.07, 6.45) is 0.454. The number of fused-ring (bicyclic) bond motifs is 2. The second kappa shape index (κ2) is 7.94. The van der Waals surface area contributed by atoms with Crippen molar-refractivity contribution >= 4 is 33.3 Å². The number of hydrogen-bond donors (Lipinski definition) is 0. The minimum atomic E-state index is -0.455. The van der Waals surface area contributed by atoms with Gasteiger partial charge in [0.2, 0.25) is 0 Å². The van der Waals surface area contributed by atoms with E-state index in [-0.39, 0.29) is 12.1 Å². The van der Waals surface area contributed by atoms with Gasteiger partial charge in [-0.15, -0.1) is 0 Å². The number of hydrogen-bond acceptors (Lipinski definition) is 4. The minimum Gasteiger partial charge on any atom is -0.472 e. The Balaban J connectivity index is 1.33. The van der Waals surface area contributed by atoms with Crippen LogP contribution >= 0.6 is 0 Å². The van der Waals surface area contributed by atoms with Crippen LogP contribution in [0, 0.1) is 0 Å². The molecule has 2 heterocycles. The van der Waals surface area contributed by atoms with Crippen molar-refractivity contribution in [3.8, 4) is 0 Å². The number of benzene rings is 4. The molecule has 0 aromatic heterocycles. The zero-order valence-corrected chi connectivity index (χ0v) is 20.7. The highest BCUT2D eigenvalue weighted by Crippen LogP contribution is 2.44. The van der Waals surface area contributed by atoms with Gasteiger partial charge in [-0.2, -0.15) is 0 Å². The standard InChI is InChI=1S/C31H30N2O2/c1-30(2)28(24-17-9-13-20-11-5-7-15-22(20)24)32-26(34-30)19-27-33-29(31(3,4)35-27)25-18-10-14-21-12-6-8-16-23(21)25/h5-18,28-29H,19H2,1-4H3/t28-,29-/m1/s1. The van der Waals surface area contributed by atoms with Crippen molar-refractivity contribution in [2.45, 2.75) is 57.4 Å². The van der Waals surface area contributed by atoms with Crippen molar-refractivity contribution < 1.29 is 9.47 Å². The van der Waals surface area contributed by atoms with E-state index >= 15 is 0 Å². The van der Waals surface area contributed by atoms with Crippen molar-refractivity contribution in [1.82, 2.24) is 0 Å². The maximum absolute atomic E-state index is 6.40. The van der Waals surface area contributed by atoms with Crippen LogP contribution in [0.2, 0.25) is 0 Å². The van der Waals surface area contributed by atoms with Crippen LogP contribution in [0.25, 0.3) is 21.5 Å². The van der Waals surface area contributed by atoms with Gasteiger partial charge in [0.1, 0.15) is 23.3 Å². The largest absolute Gasteiger partial charge is 0.472 e. The number of aliphatic imine (C=N–C) groups is 2. The fourth-order valence-corrected chi connectivity index (χ4v) is 5.53. The van der Waals surface area contributed by atoms with Gasteiger partial charge in [-0.3, -0.25) is 0 Å². The average molecular weight is 463 g/mol. The van der Waals surface area contributed by atoms with E-state index in [1.165, 1.54) is 32.7 Å². The Morgan fingerprint density at radius 3 is 1.43 bits per heavy atom. The molecule has 0 aliphatic carbocycles. The number of rotatable bonds is 4. The Morgan fingerprint density at radius 1 is 0.571 bits per heavy atom. The molecule has 0 spiro atoms. The van der Waals surface area contributed by atoms with Gasteiger partial charge in [-0.05, 0) is 60.4 Å². The highest BCUT2D eigenvalue weighted by Gasteiger charge is 2.44. The lowest BCUT2D eigenvalue weighted by atomic mass is 9.89. The Labute approximate surface area is 206 Å². The molecule has 0 fully saturated rings. The molecular weight excluding hydrogens is 432 g/mol. The van der Waals surface area contributed by atoms with Gasteiger partial charge in [-0.1, -0.05) is 84.9 Å². The third-order valence-electron chi connectivity index (χ3n) is 7.16. The second-order valence-electron chi connectivity index (χ2n) is 10.6. The molecule has 176 valence electrons. The average Bonchev–Trinajstić information content (AvgIpc) is 3.31. The third-order valence-corrected chi connectivity index (χ3v) is 7.16. The first-order valence-electron chi connectivity index (χ1n) is 12.3. The zero-order chi connectivity index (χ0) is 24.2. The summed E-state index contributed by atoms with van der Waals surface area (Å²) in [5.41, 5.74) is 1.46. The molecule has 2 aliphatic rings. The smallest absolute Gasteiger partial charge is 0.194 e. The summed E-state index contributed by atoms with van der Waals surface area (Å²) in [6, 6.07) is 29.5. The minimum absolute atomic E-state index is 0.0903. The van der Waals surface area contributed by atoms with Crippen molar-refractivity contribution in [2.75, 3.05) is 0 Å². The molecule has 2 atom stereocenters. The van der Waals surface area contributed by atoms with Crippen LogP contribution < -0.4 is 0 Å². The Hall–Kier alpha value is -3.66. The van der Waals surface area contributed by atoms with E-state index in [0.29, 0.717) is 18.2 Å². The number of nitrogens with zero attached hydrogens (tertiary/aromatic N) is 2. The predicted molar refractivity (Wildman–Crippen MR) is 143 cm³/mol. The molecule has 0 saturated heterocycles. The molecule has 4 aromatic carbocycles. The molecule has 0 saturated carbocycles. The first-order chi connectivity index (χ1) is 16.8. The van der Waals surface area contributed by atoms with Crippen LogP contribution in [-0.4, -0.2) is 23.0 Å². The molecule has 4 nitrogen and oxygen atoms in total. The molecule has 4 heteroatoms. The Morgan fingerprint density at radius 2 is 0.971 bits per heavy atom. The van der Waals surface area contributed by atoms with Crippen LogP contribution in [0.4, 0.5) is 0 Å². The lowest BCUT2D eigenvalue weighted by Gasteiger charge is -2.26. The fraction of sp³-hybridized carbons (Fsp3) is 0.290. The summed E-state index contributed by atoms with van der Waals surface area (Å²) in [7, 11) is 0. The number of ether oxygens (including phenoxy) is 2. The van der Waals surface area contributed by atoms with E-state index in [1.807, 2.05) is 0 Å². The van der Waals surface area contributed by atoms with Gasteiger partial charge in [0, 0.05) is 0 Å². The summed E-state index contributed by atoms with van der Waals surface area (Å²) < 4.78 is 12.8. The van der Waals surface area contributed by atoms with Gasteiger partial charge in [0.15, 0.2) is 11.8 Å². The van der Waals surface area contributed by atoms with Crippen LogP contribution in [0.1, 0.15) is 57.3 Å². The molecular formula is C31H30N2O2. The molecule has 0 bridgehead atoms. The highest BCUT2D eigenvalue weighted by atomic mass is 16.5. The SMILES string of the molecule is CC1(C)OC(CC2=N[C@H](c3cccc4ccccc34)C(C)(C)O2)=N[C@@H]1c1cccc2ccccc12. The van der Waals surface area contributed by atoms with Crippen LogP contribution in [0.5, 0.6) is 0 Å². The van der Waals surface area contributed by atoms with Crippen LogP contribution in [0.15, 0.2) is 94.9 Å². The second-order valence-corrected chi connectivity index (χ2v) is 10.6. The monoisotopic (exact) mass is 462 g/mol. The molecule has 0 amide bonds. The molecule has 4 aromatic rings. The maximum Gasteiger partial charge on any atom is 0.194 e. The first-order valence-corrected chi connectivity index (χ1v) is 12.3. The van der Waals surface area contributed by atoms with E-state index in [2.05, 4.69) is 113 Å². The molecule has 35 heavy (non-hydrogen) atoms. The van der Waals surface area contributed by atoms with Crippen molar-refractivity contribution in [3.63, 3.8) is 0 Å². The van der Waals surface area contributed by atoms with Gasteiger partial charge < -0.3 is 9.47 Å². The quantitative estimate of drug-likeness (QED) is 0.314. The van der Waals surface area contributed by atoms with Crippen molar-refractivity contribution in [1.29, 1.82) is 0 Å². The topological polar surface area (TPSA) is 43.2 Å². The molecule has 2 aliphatic heterocycles. The molecule has 6 rings (SSSR count). The maximum atomic E-state index is 6.40. The van der Waals surface area contributed by atoms with Gasteiger partial charge in [0.05, 0.1) is 6.42 Å². The van der Waals surface area contributed by atoms with Gasteiger partial charge >= 0.3 is 0 Å². The normalized spacial score (nSPS) is 22.5. The lowest BCUT2D eigenvalue weighted by molar-refractivity contribution is 0.0875. The van der Waals surface area contributed by atoms with E-state index in [0.717, 1.165) is 0 Å². The fourth-order valence-electron chi connectivity index (χ4n) is 5.53. The summed E-state index contributed by atoms with van der Waals surface area (Å²) in [5.74, 6) is 1.36. The van der Waals surface area contributed by atoms with E-state index < -0.39 is 11.2 Å². The summed E-state index contributed by atoms with van der Waals surface area (Å²) in [5, 5.41) is 4.86. The third kappa shape index (κ3) is 3.78. The first kappa shape index (κ1) is 21.8. The molecule has 0 N–H and O–H groups in total. The van der Waals surface area contributed by atoms with Gasteiger partial charge in [-0.25, -0.2) is 9.98 Å². The Kier molecular flexibility index (Phi) is 4.96. The molecule has 0 unspecified atom stereocenters. The van der Waals surface area contributed by atoms with E-state index in [4.69, 9.17) is 19.5 Å². The van der Waals surface area contributed by atoms with Crippen LogP contribution in [-0.2, 0) is 9.47 Å². The van der Waals surface area contributed by atoms with E-state index in [9.17, 15) is 0 Å². The lowest BCUT2D eigenvalue weighted by Crippen LogP contribution is -2.29. The predicted octanol–water partition coefficient (Wildman–Crippen LogP) is 7.58. The highest BCUT2D eigenvalue weighted by molar-refractivity contribution is 5.99.